The molecule has 1 aromatic carbocycles. The van der Waals surface area contributed by atoms with E-state index in [9.17, 15) is 4.79 Å². The number of fused-ring (bicyclic) bond motifs is 1. The van der Waals surface area contributed by atoms with Gasteiger partial charge in [-0.05, 0) is 24.3 Å². The quantitative estimate of drug-likeness (QED) is 0.759. The number of nitrogens with one attached hydrogen (secondary N) is 2. The van der Waals surface area contributed by atoms with Crippen molar-refractivity contribution >= 4 is 33.9 Å². The molecule has 2 aromatic heterocycles. The van der Waals surface area contributed by atoms with E-state index in [1.165, 1.54) is 6.20 Å². The van der Waals surface area contributed by atoms with E-state index in [1.54, 1.807) is 7.11 Å². The van der Waals surface area contributed by atoms with Gasteiger partial charge in [-0.15, -0.1) is 0 Å². The second-order valence-electron chi connectivity index (χ2n) is 4.83. The zero-order chi connectivity index (χ0) is 15.5. The smallest absolute Gasteiger partial charge is 0.285 e. The summed E-state index contributed by atoms with van der Waals surface area (Å²) in [5.74, 6) is 0. The number of benzene rings is 1. The molecule has 2 N–H and O–H groups in total. The molecule has 114 valence electrons. The predicted molar refractivity (Wildman–Crippen MR) is 87.0 cm³/mol. The van der Waals surface area contributed by atoms with Crippen LogP contribution in [0.2, 0.25) is 5.02 Å². The first-order chi connectivity index (χ1) is 10.7. The second kappa shape index (κ2) is 6.21. The maximum atomic E-state index is 11.4. The first-order valence-electron chi connectivity index (χ1n) is 6.77. The number of aromatic amines is 1. The van der Waals surface area contributed by atoms with E-state index in [0.29, 0.717) is 12.3 Å². The first-order valence-corrected chi connectivity index (χ1v) is 7.15. The van der Waals surface area contributed by atoms with Crippen molar-refractivity contribution in [3.8, 4) is 0 Å². The molecule has 2 heterocycles. The third-order valence-corrected chi connectivity index (χ3v) is 3.76. The number of aromatic nitrogens is 3. The molecule has 0 unspecified atom stereocenters. The highest BCUT2D eigenvalue weighted by Crippen LogP contribution is 2.25. The molecule has 0 saturated heterocycles. The zero-order valence-electron chi connectivity index (χ0n) is 12.0. The highest BCUT2D eigenvalue weighted by atomic mass is 35.5. The Bertz CT molecular complexity index is 856. The summed E-state index contributed by atoms with van der Waals surface area (Å²) < 4.78 is 7.23. The van der Waals surface area contributed by atoms with Gasteiger partial charge < -0.3 is 14.6 Å². The van der Waals surface area contributed by atoms with Crippen LogP contribution in [0.25, 0.3) is 10.9 Å². The third-order valence-electron chi connectivity index (χ3n) is 3.38. The molecule has 0 amide bonds. The van der Waals surface area contributed by atoms with Gasteiger partial charge in [0.1, 0.15) is 5.02 Å². The molecule has 0 spiro atoms. The summed E-state index contributed by atoms with van der Waals surface area (Å²) in [6.07, 6.45) is 3.51. The molecular formula is C15H15ClN4O2. The van der Waals surface area contributed by atoms with Crippen LogP contribution in [0.15, 0.2) is 41.5 Å². The maximum Gasteiger partial charge on any atom is 0.285 e. The fourth-order valence-corrected chi connectivity index (χ4v) is 2.43. The molecule has 3 aromatic rings. The highest BCUT2D eigenvalue weighted by molar-refractivity contribution is 6.33. The summed E-state index contributed by atoms with van der Waals surface area (Å²) in [5.41, 5.74) is 2.02. The minimum Gasteiger partial charge on any atom is -0.383 e. The van der Waals surface area contributed by atoms with Gasteiger partial charge in [0.15, 0.2) is 0 Å². The van der Waals surface area contributed by atoms with E-state index in [4.69, 9.17) is 16.3 Å². The number of nitrogens with zero attached hydrogens (tertiary/aromatic N) is 2. The molecule has 7 heteroatoms. The summed E-state index contributed by atoms with van der Waals surface area (Å²) in [6.45, 7) is 1.47. The normalized spacial score (nSPS) is 11.0. The zero-order valence-corrected chi connectivity index (χ0v) is 12.7. The Balaban J connectivity index is 1.89. The van der Waals surface area contributed by atoms with Crippen molar-refractivity contribution in [2.45, 2.75) is 6.54 Å². The van der Waals surface area contributed by atoms with Gasteiger partial charge in [-0.1, -0.05) is 11.6 Å². The van der Waals surface area contributed by atoms with Gasteiger partial charge in [0.05, 0.1) is 18.5 Å². The van der Waals surface area contributed by atoms with Crippen LogP contribution in [0, 0.1) is 0 Å². The van der Waals surface area contributed by atoms with Gasteiger partial charge in [-0.3, -0.25) is 4.79 Å². The molecule has 0 radical (unpaired) electrons. The van der Waals surface area contributed by atoms with Gasteiger partial charge in [0.2, 0.25) is 0 Å². The molecule has 0 atom stereocenters. The van der Waals surface area contributed by atoms with Crippen LogP contribution < -0.4 is 10.9 Å². The Morgan fingerprint density at radius 1 is 1.41 bits per heavy atom. The molecule has 3 rings (SSSR count). The number of H-pyrrole nitrogens is 1. The van der Waals surface area contributed by atoms with Crippen LogP contribution >= 0.6 is 11.6 Å². The first kappa shape index (κ1) is 14.6. The van der Waals surface area contributed by atoms with E-state index in [0.717, 1.165) is 23.1 Å². The molecule has 22 heavy (non-hydrogen) atoms. The fraction of sp³-hybridized carbons (Fsp3) is 0.200. The summed E-state index contributed by atoms with van der Waals surface area (Å²) in [7, 11) is 1.69. The average molecular weight is 319 g/mol. The van der Waals surface area contributed by atoms with Crippen LogP contribution in [0.4, 0.5) is 11.4 Å². The molecular weight excluding hydrogens is 304 g/mol. The Morgan fingerprint density at radius 2 is 2.27 bits per heavy atom. The minimum absolute atomic E-state index is 0.0905. The standard InChI is InChI=1S/C15H15ClN4O2/c1-22-7-6-20-5-4-10-8-11(2-3-13(10)20)18-12-9-17-19-15(21)14(12)16/h2-5,8-9H,6-7H2,1H3,(H2,18,19,21). The third kappa shape index (κ3) is 2.84. The van der Waals surface area contributed by atoms with E-state index >= 15 is 0 Å². The van der Waals surface area contributed by atoms with Gasteiger partial charge in [-0.25, -0.2) is 5.10 Å². The summed E-state index contributed by atoms with van der Waals surface area (Å²) in [4.78, 5) is 11.4. The van der Waals surface area contributed by atoms with Crippen LogP contribution in [0.3, 0.4) is 0 Å². The van der Waals surface area contributed by atoms with E-state index in [1.807, 2.05) is 30.5 Å². The number of halogens is 1. The van der Waals surface area contributed by atoms with Crippen molar-refractivity contribution in [3.05, 3.63) is 52.0 Å². The van der Waals surface area contributed by atoms with Crippen LogP contribution in [-0.2, 0) is 11.3 Å². The number of hydrogen-bond donors (Lipinski definition) is 2. The summed E-state index contributed by atoms with van der Waals surface area (Å²) in [6, 6.07) is 7.98. The number of hydrogen-bond acceptors (Lipinski definition) is 4. The number of ether oxygens (including phenoxy) is 1. The maximum absolute atomic E-state index is 11.4. The van der Waals surface area contributed by atoms with E-state index in [-0.39, 0.29) is 5.02 Å². The Kier molecular flexibility index (Phi) is 4.13. The fourth-order valence-electron chi connectivity index (χ4n) is 2.29. The van der Waals surface area contributed by atoms with Gasteiger partial charge in [0.25, 0.3) is 5.56 Å². The molecule has 0 aliphatic heterocycles. The largest absolute Gasteiger partial charge is 0.383 e. The van der Waals surface area contributed by atoms with Crippen molar-refractivity contribution in [3.63, 3.8) is 0 Å². The highest BCUT2D eigenvalue weighted by Gasteiger charge is 2.07. The lowest BCUT2D eigenvalue weighted by Gasteiger charge is -2.08. The van der Waals surface area contributed by atoms with Crippen molar-refractivity contribution < 1.29 is 4.74 Å². The number of methoxy groups -OCH3 is 1. The topological polar surface area (TPSA) is 71.9 Å². The molecule has 0 saturated carbocycles. The number of anilines is 2. The lowest BCUT2D eigenvalue weighted by atomic mass is 10.2. The Labute approximate surface area is 131 Å². The van der Waals surface area contributed by atoms with Crippen molar-refractivity contribution in [2.75, 3.05) is 19.0 Å². The molecule has 0 bridgehead atoms. The predicted octanol–water partition coefficient (Wildman–Crippen LogP) is 2.77. The SMILES string of the molecule is COCCn1ccc2cc(Nc3cn[nH]c(=O)c3Cl)ccc21. The lowest BCUT2D eigenvalue weighted by Crippen LogP contribution is -2.10. The molecule has 6 nitrogen and oxygen atoms in total. The molecule has 0 aliphatic carbocycles. The van der Waals surface area contributed by atoms with Crippen LogP contribution in [0.5, 0.6) is 0 Å². The van der Waals surface area contributed by atoms with E-state index < -0.39 is 5.56 Å². The van der Waals surface area contributed by atoms with Gasteiger partial charge in [-0.2, -0.15) is 5.10 Å². The van der Waals surface area contributed by atoms with Crippen LogP contribution in [-0.4, -0.2) is 28.5 Å². The summed E-state index contributed by atoms with van der Waals surface area (Å²) >= 11 is 5.96. The second-order valence-corrected chi connectivity index (χ2v) is 5.21. The molecule has 0 aliphatic rings. The Hall–Kier alpha value is -2.31. The Morgan fingerprint density at radius 3 is 3.09 bits per heavy atom. The van der Waals surface area contributed by atoms with Crippen molar-refractivity contribution in [2.24, 2.45) is 0 Å². The van der Waals surface area contributed by atoms with Crippen LogP contribution in [0.1, 0.15) is 0 Å². The van der Waals surface area contributed by atoms with E-state index in [2.05, 4.69) is 20.1 Å². The lowest BCUT2D eigenvalue weighted by molar-refractivity contribution is 0.188. The average Bonchev–Trinajstić information content (AvgIpc) is 2.92. The van der Waals surface area contributed by atoms with Gasteiger partial charge >= 0.3 is 0 Å². The van der Waals surface area contributed by atoms with Gasteiger partial charge in [0, 0.05) is 36.4 Å². The molecule has 0 fully saturated rings. The number of rotatable bonds is 5. The monoisotopic (exact) mass is 318 g/mol. The minimum atomic E-state index is -0.418. The van der Waals surface area contributed by atoms with Crippen molar-refractivity contribution in [1.82, 2.24) is 14.8 Å². The van der Waals surface area contributed by atoms with Crippen molar-refractivity contribution in [1.29, 1.82) is 0 Å². The summed E-state index contributed by atoms with van der Waals surface area (Å²) in [5, 5.41) is 10.3.